The molecule has 0 saturated carbocycles. The Bertz CT molecular complexity index is 363. The Morgan fingerprint density at radius 3 is 2.88 bits per heavy atom. The monoisotopic (exact) mass is 239 g/mol. The molecule has 0 bridgehead atoms. The van der Waals surface area contributed by atoms with Crippen molar-refractivity contribution in [2.75, 3.05) is 6.54 Å². The van der Waals surface area contributed by atoms with E-state index in [1.165, 1.54) is 11.3 Å². The largest absolute Gasteiger partial charge is 0.330 e. The van der Waals surface area contributed by atoms with Gasteiger partial charge in [0.2, 0.25) is 6.29 Å². The van der Waals surface area contributed by atoms with Gasteiger partial charge in [-0.05, 0) is 30.8 Å². The molecule has 87 valence electrons. The molecule has 1 radical (unpaired) electrons. The molecule has 0 amide bonds. The first kappa shape index (κ1) is 13.0. The summed E-state index contributed by atoms with van der Waals surface area (Å²) in [7, 11) is 0. The number of Topliss-reactive ketones (excluding diaryl/α,β-unsaturated/α-hetero) is 1. The van der Waals surface area contributed by atoms with Crippen LogP contribution >= 0.6 is 11.3 Å². The van der Waals surface area contributed by atoms with E-state index in [2.05, 4.69) is 0 Å². The number of unbranched alkanes of at least 4 members (excludes halogenated alkanes) is 1. The standard InChI is InChI=1S/C11H15N2O2S/c12-5-2-1-3-9(13)10(15)11-8(7-14)4-6-16-11/h4,6,9H,1-3,5,12-13H2/t9-/m1/s1. The van der Waals surface area contributed by atoms with Gasteiger partial charge in [-0.15, -0.1) is 11.3 Å². The lowest BCUT2D eigenvalue weighted by atomic mass is 10.0. The normalized spacial score (nSPS) is 12.4. The maximum absolute atomic E-state index is 11.9. The highest BCUT2D eigenvalue weighted by molar-refractivity contribution is 7.12. The second-order valence-electron chi connectivity index (χ2n) is 3.52. The third-order valence-electron chi connectivity index (χ3n) is 2.30. The van der Waals surface area contributed by atoms with E-state index in [-0.39, 0.29) is 5.78 Å². The van der Waals surface area contributed by atoms with E-state index in [4.69, 9.17) is 11.5 Å². The highest BCUT2D eigenvalue weighted by Gasteiger charge is 2.19. The molecule has 1 rings (SSSR count). The minimum Gasteiger partial charge on any atom is -0.330 e. The van der Waals surface area contributed by atoms with Crippen molar-refractivity contribution in [1.82, 2.24) is 0 Å². The van der Waals surface area contributed by atoms with Crippen LogP contribution in [0.4, 0.5) is 0 Å². The van der Waals surface area contributed by atoms with E-state index in [0.29, 0.717) is 23.4 Å². The van der Waals surface area contributed by atoms with Gasteiger partial charge in [0.05, 0.1) is 10.9 Å². The van der Waals surface area contributed by atoms with Crippen molar-refractivity contribution in [3.63, 3.8) is 0 Å². The predicted octanol–water partition coefficient (Wildman–Crippen LogP) is 0.845. The van der Waals surface area contributed by atoms with Gasteiger partial charge >= 0.3 is 0 Å². The molecule has 0 aliphatic carbocycles. The van der Waals surface area contributed by atoms with Crippen LogP contribution in [-0.4, -0.2) is 24.7 Å². The lowest BCUT2D eigenvalue weighted by Gasteiger charge is -2.08. The van der Waals surface area contributed by atoms with Crippen molar-refractivity contribution in [1.29, 1.82) is 0 Å². The molecule has 4 N–H and O–H groups in total. The highest BCUT2D eigenvalue weighted by atomic mass is 32.1. The summed E-state index contributed by atoms with van der Waals surface area (Å²) < 4.78 is 0. The molecule has 1 aromatic heterocycles. The van der Waals surface area contributed by atoms with E-state index in [1.54, 1.807) is 17.7 Å². The van der Waals surface area contributed by atoms with Gasteiger partial charge in [0, 0.05) is 5.56 Å². The summed E-state index contributed by atoms with van der Waals surface area (Å²) in [5, 5.41) is 1.69. The summed E-state index contributed by atoms with van der Waals surface area (Å²) in [6.07, 6.45) is 4.03. The average molecular weight is 239 g/mol. The fourth-order valence-electron chi connectivity index (χ4n) is 1.39. The molecule has 0 spiro atoms. The number of nitrogens with two attached hydrogens (primary N) is 2. The molecular weight excluding hydrogens is 224 g/mol. The van der Waals surface area contributed by atoms with Gasteiger partial charge in [-0.2, -0.15) is 0 Å². The minimum absolute atomic E-state index is 0.176. The summed E-state index contributed by atoms with van der Waals surface area (Å²) in [6, 6.07) is 1.04. The molecule has 0 unspecified atom stereocenters. The van der Waals surface area contributed by atoms with Crippen LogP contribution in [0.3, 0.4) is 0 Å². The van der Waals surface area contributed by atoms with Crippen LogP contribution in [-0.2, 0) is 4.79 Å². The molecule has 0 aliphatic rings. The third-order valence-corrected chi connectivity index (χ3v) is 3.23. The molecule has 0 aliphatic heterocycles. The number of carbonyl (C=O) groups excluding carboxylic acids is 2. The topological polar surface area (TPSA) is 86.2 Å². The van der Waals surface area contributed by atoms with Gasteiger partial charge in [0.1, 0.15) is 0 Å². The molecule has 1 atom stereocenters. The second kappa shape index (κ2) is 6.52. The number of ketones is 1. The van der Waals surface area contributed by atoms with Crippen molar-refractivity contribution in [2.24, 2.45) is 11.5 Å². The first-order valence-electron chi connectivity index (χ1n) is 5.16. The van der Waals surface area contributed by atoms with Crippen LogP contribution in [0.25, 0.3) is 0 Å². The van der Waals surface area contributed by atoms with Gasteiger partial charge in [-0.25, -0.2) is 0 Å². The molecule has 0 aromatic carbocycles. The van der Waals surface area contributed by atoms with Gasteiger partial charge in [0.25, 0.3) is 0 Å². The summed E-state index contributed by atoms with van der Waals surface area (Å²) in [5.74, 6) is -0.176. The highest BCUT2D eigenvalue weighted by Crippen LogP contribution is 2.18. The van der Waals surface area contributed by atoms with Crippen LogP contribution in [0, 0.1) is 0 Å². The zero-order chi connectivity index (χ0) is 12.0. The Morgan fingerprint density at radius 2 is 2.25 bits per heavy atom. The van der Waals surface area contributed by atoms with Crippen LogP contribution in [0.2, 0.25) is 0 Å². The Kier molecular flexibility index (Phi) is 5.31. The molecule has 0 fully saturated rings. The summed E-state index contributed by atoms with van der Waals surface area (Å²) in [5.41, 5.74) is 11.4. The van der Waals surface area contributed by atoms with Crippen molar-refractivity contribution in [3.05, 3.63) is 21.9 Å². The van der Waals surface area contributed by atoms with Crippen molar-refractivity contribution in [3.8, 4) is 0 Å². The Balaban J connectivity index is 2.59. The van der Waals surface area contributed by atoms with Crippen molar-refractivity contribution in [2.45, 2.75) is 25.3 Å². The fraction of sp³-hybridized carbons (Fsp3) is 0.455. The summed E-state index contributed by atoms with van der Waals surface area (Å²) in [6.45, 7) is 0.604. The van der Waals surface area contributed by atoms with E-state index < -0.39 is 6.04 Å². The van der Waals surface area contributed by atoms with Crippen molar-refractivity contribution < 1.29 is 9.59 Å². The van der Waals surface area contributed by atoms with Gasteiger partial charge in [-0.3, -0.25) is 9.59 Å². The Hall–Kier alpha value is -1.04. The first-order valence-corrected chi connectivity index (χ1v) is 6.04. The zero-order valence-corrected chi connectivity index (χ0v) is 9.76. The van der Waals surface area contributed by atoms with Crippen molar-refractivity contribution >= 4 is 23.4 Å². The van der Waals surface area contributed by atoms with Crippen LogP contribution < -0.4 is 11.5 Å². The molecule has 1 aromatic rings. The molecule has 16 heavy (non-hydrogen) atoms. The van der Waals surface area contributed by atoms with E-state index >= 15 is 0 Å². The Labute approximate surface area is 98.6 Å². The number of hydrogen-bond donors (Lipinski definition) is 2. The van der Waals surface area contributed by atoms with Gasteiger partial charge in [-0.1, -0.05) is 6.42 Å². The molecular formula is C11H15N2O2S. The zero-order valence-electron chi connectivity index (χ0n) is 8.94. The van der Waals surface area contributed by atoms with Crippen LogP contribution in [0.5, 0.6) is 0 Å². The van der Waals surface area contributed by atoms with Gasteiger partial charge < -0.3 is 11.5 Å². The molecule has 4 nitrogen and oxygen atoms in total. The van der Waals surface area contributed by atoms with Gasteiger partial charge in [0.15, 0.2) is 5.78 Å². The minimum atomic E-state index is -0.544. The van der Waals surface area contributed by atoms with E-state index in [0.717, 1.165) is 12.8 Å². The predicted molar refractivity (Wildman–Crippen MR) is 64.3 cm³/mol. The lowest BCUT2D eigenvalue weighted by Crippen LogP contribution is -2.30. The smallest absolute Gasteiger partial charge is 0.235 e. The first-order chi connectivity index (χ1) is 7.70. The molecule has 1 heterocycles. The lowest BCUT2D eigenvalue weighted by molar-refractivity contribution is 0.0960. The van der Waals surface area contributed by atoms with Crippen LogP contribution in [0.1, 0.15) is 34.5 Å². The number of hydrogen-bond acceptors (Lipinski definition) is 5. The average Bonchev–Trinajstić information content (AvgIpc) is 2.76. The maximum Gasteiger partial charge on any atom is 0.235 e. The Morgan fingerprint density at radius 1 is 1.50 bits per heavy atom. The maximum atomic E-state index is 11.9. The summed E-state index contributed by atoms with van der Waals surface area (Å²) >= 11 is 1.23. The second-order valence-corrected chi connectivity index (χ2v) is 4.44. The fourth-order valence-corrected chi connectivity index (χ4v) is 2.23. The number of carbonyl (C=O) groups is 1. The molecule has 0 saturated heterocycles. The SMILES string of the molecule is NCCCC[C@@H](N)C(=O)c1sccc1[C]=O. The van der Waals surface area contributed by atoms with E-state index in [1.807, 2.05) is 0 Å². The summed E-state index contributed by atoms with van der Waals surface area (Å²) in [4.78, 5) is 22.8. The number of thiophene rings is 1. The van der Waals surface area contributed by atoms with Crippen LogP contribution in [0.15, 0.2) is 11.4 Å². The van der Waals surface area contributed by atoms with E-state index in [9.17, 15) is 9.59 Å². The molecule has 5 heteroatoms. The number of rotatable bonds is 7. The quantitative estimate of drug-likeness (QED) is 0.545. The third kappa shape index (κ3) is 3.23.